The van der Waals surface area contributed by atoms with Crippen LogP contribution in [0.25, 0.3) is 0 Å². The predicted molar refractivity (Wildman–Crippen MR) is 94.6 cm³/mol. The molecule has 0 amide bonds. The number of rotatable bonds is 12. The number of nitrogens with zero attached hydrogens (tertiary/aromatic N) is 1. The summed E-state index contributed by atoms with van der Waals surface area (Å²) >= 11 is 0. The van der Waals surface area contributed by atoms with Gasteiger partial charge in [-0.15, -0.1) is 0 Å². The summed E-state index contributed by atoms with van der Waals surface area (Å²) in [6.07, 6.45) is 9.23. The van der Waals surface area contributed by atoms with Crippen LogP contribution in [0.5, 0.6) is 0 Å². The minimum Gasteiger partial charge on any atom is -0.494 e. The van der Waals surface area contributed by atoms with Gasteiger partial charge >= 0.3 is 0 Å². The average molecular weight is 296 g/mol. The van der Waals surface area contributed by atoms with Crippen molar-refractivity contribution in [3.8, 4) is 0 Å². The molecule has 124 valence electrons. The van der Waals surface area contributed by atoms with Gasteiger partial charge in [0.1, 0.15) is 5.76 Å². The molecule has 0 rings (SSSR count). The first-order chi connectivity index (χ1) is 10.0. The van der Waals surface area contributed by atoms with E-state index in [9.17, 15) is 0 Å². The van der Waals surface area contributed by atoms with Crippen molar-refractivity contribution < 1.29 is 4.74 Å². The minimum absolute atomic E-state index is 0.744. The average Bonchev–Trinajstić information content (AvgIpc) is 2.46. The Morgan fingerprint density at radius 2 is 1.76 bits per heavy atom. The molecule has 0 N–H and O–H groups in total. The number of unbranched alkanes of at least 4 members (excludes halogenated alkanes) is 1. The lowest BCUT2D eigenvalue weighted by Crippen LogP contribution is -2.26. The summed E-state index contributed by atoms with van der Waals surface area (Å²) in [7, 11) is 0. The third kappa shape index (κ3) is 10.6. The molecule has 0 spiro atoms. The zero-order valence-electron chi connectivity index (χ0n) is 15.2. The van der Waals surface area contributed by atoms with Crippen LogP contribution in [0.15, 0.2) is 23.5 Å². The number of hydrogen-bond donors (Lipinski definition) is 0. The number of hydrogen-bond acceptors (Lipinski definition) is 2. The second-order valence-electron chi connectivity index (χ2n) is 6.08. The maximum absolute atomic E-state index is 5.79. The first-order valence-electron chi connectivity index (χ1n) is 8.77. The normalized spacial score (nSPS) is 13.3. The molecule has 0 aliphatic heterocycles. The van der Waals surface area contributed by atoms with Crippen LogP contribution in [-0.2, 0) is 4.74 Å². The molecule has 0 aromatic carbocycles. The lowest BCUT2D eigenvalue weighted by atomic mass is 10.1. The molecule has 0 bridgehead atoms. The maximum Gasteiger partial charge on any atom is 0.117 e. The smallest absolute Gasteiger partial charge is 0.117 e. The van der Waals surface area contributed by atoms with Crippen LogP contribution in [0.3, 0.4) is 0 Å². The molecule has 0 radical (unpaired) electrons. The monoisotopic (exact) mass is 295 g/mol. The third-order valence-corrected chi connectivity index (χ3v) is 3.67. The predicted octanol–water partition coefficient (Wildman–Crippen LogP) is 5.41. The molecule has 0 aromatic heterocycles. The Balaban J connectivity index is 4.41. The van der Waals surface area contributed by atoms with E-state index in [-0.39, 0.29) is 0 Å². The van der Waals surface area contributed by atoms with E-state index in [0.29, 0.717) is 0 Å². The summed E-state index contributed by atoms with van der Waals surface area (Å²) in [5, 5.41) is 0. The Bertz CT molecular complexity index is 305. The standard InChI is InChI=1S/C19H37NO/c1-7-10-12-18(6)19(21-9-3)13-11-15-20(8-2)16-14-17(4)5/h12-13,17H,7-11,14-16H2,1-6H3/b18-12-,19-13+. The highest BCUT2D eigenvalue weighted by atomic mass is 16.5. The van der Waals surface area contributed by atoms with Crippen LogP contribution in [0, 0.1) is 5.92 Å². The van der Waals surface area contributed by atoms with E-state index in [1.54, 1.807) is 0 Å². The number of ether oxygens (including phenoxy) is 1. The van der Waals surface area contributed by atoms with Crippen LogP contribution < -0.4 is 0 Å². The van der Waals surface area contributed by atoms with Gasteiger partial charge in [-0.25, -0.2) is 0 Å². The Hall–Kier alpha value is -0.760. The molecule has 2 heteroatoms. The van der Waals surface area contributed by atoms with E-state index >= 15 is 0 Å². The van der Waals surface area contributed by atoms with Crippen LogP contribution in [0.4, 0.5) is 0 Å². The molecule has 21 heavy (non-hydrogen) atoms. The van der Waals surface area contributed by atoms with Crippen molar-refractivity contribution in [2.24, 2.45) is 5.92 Å². The molecule has 0 atom stereocenters. The summed E-state index contributed by atoms with van der Waals surface area (Å²) in [4.78, 5) is 2.53. The van der Waals surface area contributed by atoms with Gasteiger partial charge in [0.2, 0.25) is 0 Å². The van der Waals surface area contributed by atoms with Gasteiger partial charge in [0, 0.05) is 6.54 Å². The molecule has 0 aliphatic carbocycles. The van der Waals surface area contributed by atoms with Gasteiger partial charge in [-0.1, -0.05) is 40.2 Å². The fourth-order valence-corrected chi connectivity index (χ4v) is 2.20. The SMILES string of the molecule is CCC/C=C(C)\C(=C/CCN(CC)CCC(C)C)OCC. The number of allylic oxidation sites excluding steroid dienone is 2. The zero-order valence-corrected chi connectivity index (χ0v) is 15.2. The second kappa shape index (κ2) is 12.9. The third-order valence-electron chi connectivity index (χ3n) is 3.67. The lowest BCUT2D eigenvalue weighted by molar-refractivity contribution is 0.233. The molecule has 0 aromatic rings. The summed E-state index contributed by atoms with van der Waals surface area (Å²) in [5.41, 5.74) is 1.28. The van der Waals surface area contributed by atoms with E-state index in [2.05, 4.69) is 58.6 Å². The molecular formula is C19H37NO. The Kier molecular flexibility index (Phi) is 12.5. The van der Waals surface area contributed by atoms with Crippen molar-refractivity contribution in [3.63, 3.8) is 0 Å². The van der Waals surface area contributed by atoms with Gasteiger partial charge in [0.15, 0.2) is 0 Å². The van der Waals surface area contributed by atoms with Gasteiger partial charge in [-0.3, -0.25) is 0 Å². The maximum atomic E-state index is 5.79. The van der Waals surface area contributed by atoms with Crippen molar-refractivity contribution in [2.75, 3.05) is 26.2 Å². The molecule has 0 saturated heterocycles. The highest BCUT2D eigenvalue weighted by Gasteiger charge is 2.04. The minimum atomic E-state index is 0.744. The van der Waals surface area contributed by atoms with E-state index in [1.807, 2.05) is 0 Å². The largest absolute Gasteiger partial charge is 0.494 e. The second-order valence-corrected chi connectivity index (χ2v) is 6.08. The molecule has 0 heterocycles. The molecular weight excluding hydrogens is 258 g/mol. The Morgan fingerprint density at radius 1 is 1.05 bits per heavy atom. The topological polar surface area (TPSA) is 12.5 Å². The molecule has 0 saturated carbocycles. The van der Waals surface area contributed by atoms with E-state index in [1.165, 1.54) is 25.0 Å². The van der Waals surface area contributed by atoms with Crippen LogP contribution in [-0.4, -0.2) is 31.1 Å². The highest BCUT2D eigenvalue weighted by molar-refractivity contribution is 5.23. The van der Waals surface area contributed by atoms with Crippen molar-refractivity contribution in [1.29, 1.82) is 0 Å². The summed E-state index contributed by atoms with van der Waals surface area (Å²) in [5.74, 6) is 1.86. The molecule has 0 fully saturated rings. The van der Waals surface area contributed by atoms with Gasteiger partial charge in [0.25, 0.3) is 0 Å². The van der Waals surface area contributed by atoms with Gasteiger partial charge < -0.3 is 9.64 Å². The fourth-order valence-electron chi connectivity index (χ4n) is 2.20. The lowest BCUT2D eigenvalue weighted by Gasteiger charge is -2.21. The van der Waals surface area contributed by atoms with Gasteiger partial charge in [0.05, 0.1) is 6.61 Å². The first-order valence-corrected chi connectivity index (χ1v) is 8.77. The summed E-state index contributed by atoms with van der Waals surface area (Å²) < 4.78 is 5.79. The molecule has 0 unspecified atom stereocenters. The first kappa shape index (κ1) is 20.2. The van der Waals surface area contributed by atoms with E-state index < -0.39 is 0 Å². The van der Waals surface area contributed by atoms with E-state index in [0.717, 1.165) is 44.2 Å². The van der Waals surface area contributed by atoms with Crippen molar-refractivity contribution in [3.05, 3.63) is 23.5 Å². The Labute approximate surface area is 133 Å². The fraction of sp³-hybridized carbons (Fsp3) is 0.789. The highest BCUT2D eigenvalue weighted by Crippen LogP contribution is 2.14. The van der Waals surface area contributed by atoms with Gasteiger partial charge in [-0.05, 0) is 63.8 Å². The van der Waals surface area contributed by atoms with Gasteiger partial charge in [-0.2, -0.15) is 0 Å². The quantitative estimate of drug-likeness (QED) is 0.352. The van der Waals surface area contributed by atoms with Crippen molar-refractivity contribution >= 4 is 0 Å². The molecule has 2 nitrogen and oxygen atoms in total. The zero-order chi connectivity index (χ0) is 16.1. The van der Waals surface area contributed by atoms with Crippen LogP contribution in [0.1, 0.15) is 67.2 Å². The van der Waals surface area contributed by atoms with Crippen molar-refractivity contribution in [1.82, 2.24) is 4.90 Å². The van der Waals surface area contributed by atoms with Crippen LogP contribution in [0.2, 0.25) is 0 Å². The Morgan fingerprint density at radius 3 is 2.29 bits per heavy atom. The summed E-state index contributed by atoms with van der Waals surface area (Å²) in [6, 6.07) is 0. The van der Waals surface area contributed by atoms with Crippen LogP contribution >= 0.6 is 0 Å². The van der Waals surface area contributed by atoms with E-state index in [4.69, 9.17) is 4.74 Å². The summed E-state index contributed by atoms with van der Waals surface area (Å²) in [6.45, 7) is 17.5. The molecule has 0 aliphatic rings. The van der Waals surface area contributed by atoms with Crippen molar-refractivity contribution in [2.45, 2.75) is 67.2 Å².